The van der Waals surface area contributed by atoms with Gasteiger partial charge in [0.1, 0.15) is 0 Å². The first kappa shape index (κ1) is 12.0. The summed E-state index contributed by atoms with van der Waals surface area (Å²) >= 11 is 2.04. The molecule has 2 rings (SSSR count). The molecule has 0 bridgehead atoms. The summed E-state index contributed by atoms with van der Waals surface area (Å²) in [6, 6.07) is 0.636. The van der Waals surface area contributed by atoms with Crippen LogP contribution in [0.2, 0.25) is 0 Å². The van der Waals surface area contributed by atoms with Gasteiger partial charge in [-0.1, -0.05) is 0 Å². The summed E-state index contributed by atoms with van der Waals surface area (Å²) in [6.45, 7) is 9.78. The first-order chi connectivity index (χ1) is 7.42. The third kappa shape index (κ3) is 2.00. The van der Waals surface area contributed by atoms with Crippen molar-refractivity contribution in [3.8, 4) is 0 Å². The summed E-state index contributed by atoms with van der Waals surface area (Å²) in [4.78, 5) is 0. The zero-order chi connectivity index (χ0) is 11.9. The minimum atomic E-state index is 0.393. The quantitative estimate of drug-likeness (QED) is 0.875. The first-order valence-electron chi connectivity index (χ1n) is 5.78. The van der Waals surface area contributed by atoms with Crippen molar-refractivity contribution in [1.29, 1.82) is 0 Å². The highest BCUT2D eigenvalue weighted by molar-refractivity contribution is 8.02. The fraction of sp³-hybridized carbons (Fsp3) is 0.750. The molecule has 1 unspecified atom stereocenters. The average molecular weight is 239 g/mol. The normalized spacial score (nSPS) is 23.2. The fourth-order valence-corrected chi connectivity index (χ4v) is 3.30. The van der Waals surface area contributed by atoms with E-state index in [4.69, 9.17) is 0 Å². The van der Waals surface area contributed by atoms with E-state index in [1.165, 1.54) is 17.0 Å². The van der Waals surface area contributed by atoms with Crippen LogP contribution in [0, 0.1) is 13.8 Å². The van der Waals surface area contributed by atoms with Gasteiger partial charge in [0.2, 0.25) is 0 Å². The minimum Gasteiger partial charge on any atom is -0.308 e. The fourth-order valence-electron chi connectivity index (χ4n) is 2.10. The molecule has 0 spiro atoms. The molecule has 0 radical (unpaired) electrons. The predicted octanol–water partition coefficient (Wildman–Crippen LogP) is 2.02. The number of nitrogens with one attached hydrogen (secondary N) is 1. The predicted molar refractivity (Wildman–Crippen MR) is 69.8 cm³/mol. The van der Waals surface area contributed by atoms with Gasteiger partial charge in [-0.15, -0.1) is 0 Å². The molecular formula is C12H21N3S. The van der Waals surface area contributed by atoms with Crippen LogP contribution in [-0.4, -0.2) is 26.3 Å². The van der Waals surface area contributed by atoms with E-state index in [1.54, 1.807) is 0 Å². The van der Waals surface area contributed by atoms with E-state index >= 15 is 0 Å². The van der Waals surface area contributed by atoms with Crippen molar-refractivity contribution in [3.05, 3.63) is 17.0 Å². The van der Waals surface area contributed by atoms with Crippen molar-refractivity contribution in [1.82, 2.24) is 15.1 Å². The summed E-state index contributed by atoms with van der Waals surface area (Å²) in [5.74, 6) is 1.23. The molecule has 0 aliphatic carbocycles. The first-order valence-corrected chi connectivity index (χ1v) is 6.77. The molecule has 1 atom stereocenters. The Labute approximate surface area is 102 Å². The van der Waals surface area contributed by atoms with E-state index < -0.39 is 0 Å². The van der Waals surface area contributed by atoms with Gasteiger partial charge in [0.15, 0.2) is 0 Å². The van der Waals surface area contributed by atoms with Crippen LogP contribution < -0.4 is 5.32 Å². The molecule has 16 heavy (non-hydrogen) atoms. The van der Waals surface area contributed by atoms with Crippen LogP contribution in [0.15, 0.2) is 0 Å². The number of thioether (sulfide) groups is 1. The highest BCUT2D eigenvalue weighted by Gasteiger charge is 2.38. The second-order valence-corrected chi connectivity index (χ2v) is 6.80. The lowest BCUT2D eigenvalue weighted by Crippen LogP contribution is -2.54. The minimum absolute atomic E-state index is 0.393. The molecule has 3 nitrogen and oxygen atoms in total. The summed E-state index contributed by atoms with van der Waals surface area (Å²) in [5, 5.41) is 8.09. The van der Waals surface area contributed by atoms with E-state index in [2.05, 4.69) is 38.1 Å². The van der Waals surface area contributed by atoms with Crippen molar-refractivity contribution in [2.45, 2.75) is 45.0 Å². The maximum absolute atomic E-state index is 4.44. The third-order valence-corrected chi connectivity index (χ3v) is 5.17. The molecule has 0 saturated carbocycles. The summed E-state index contributed by atoms with van der Waals surface area (Å²) in [6.07, 6.45) is 0. The van der Waals surface area contributed by atoms with E-state index in [0.717, 1.165) is 12.2 Å². The van der Waals surface area contributed by atoms with Crippen LogP contribution in [0.5, 0.6) is 0 Å². The Kier molecular flexibility index (Phi) is 3.05. The maximum atomic E-state index is 4.44. The molecule has 1 aromatic heterocycles. The molecule has 0 aromatic carbocycles. The monoisotopic (exact) mass is 239 g/mol. The zero-order valence-electron chi connectivity index (χ0n) is 10.8. The lowest BCUT2D eigenvalue weighted by atomic mass is 10.0. The number of aromatic nitrogens is 2. The van der Waals surface area contributed by atoms with Gasteiger partial charge in [0, 0.05) is 41.4 Å². The van der Waals surface area contributed by atoms with Gasteiger partial charge >= 0.3 is 0 Å². The van der Waals surface area contributed by atoms with Gasteiger partial charge in [-0.2, -0.15) is 16.9 Å². The Morgan fingerprint density at radius 2 is 2.19 bits per heavy atom. The molecule has 4 heteroatoms. The van der Waals surface area contributed by atoms with Crippen molar-refractivity contribution in [2.75, 3.05) is 5.75 Å². The molecule has 1 aromatic rings. The number of aryl methyl sites for hydroxylation is 2. The lowest BCUT2D eigenvalue weighted by molar-refractivity contribution is 0.435. The average Bonchev–Trinajstić information content (AvgIpc) is 2.43. The van der Waals surface area contributed by atoms with Gasteiger partial charge in [0.25, 0.3) is 0 Å². The molecule has 1 N–H and O–H groups in total. The van der Waals surface area contributed by atoms with Gasteiger partial charge in [-0.05, 0) is 27.7 Å². The standard InChI is InChI=1S/C12H21N3S/c1-8-10(9(2)15(5)14-8)6-13-11-7-16-12(11,3)4/h11,13H,6-7H2,1-5H3. The van der Waals surface area contributed by atoms with Crippen LogP contribution in [0.1, 0.15) is 30.8 Å². The molecule has 2 heterocycles. The van der Waals surface area contributed by atoms with Crippen LogP contribution in [-0.2, 0) is 13.6 Å². The van der Waals surface area contributed by atoms with Crippen molar-refractivity contribution < 1.29 is 0 Å². The summed E-state index contributed by atoms with van der Waals surface area (Å²) < 4.78 is 2.36. The SMILES string of the molecule is Cc1nn(C)c(C)c1CNC1CSC1(C)C. The topological polar surface area (TPSA) is 29.9 Å². The Bertz CT molecular complexity index is 395. The van der Waals surface area contributed by atoms with Gasteiger partial charge in [-0.3, -0.25) is 4.68 Å². The lowest BCUT2D eigenvalue weighted by Gasteiger charge is -2.44. The molecule has 1 aliphatic rings. The van der Waals surface area contributed by atoms with Crippen LogP contribution >= 0.6 is 11.8 Å². The van der Waals surface area contributed by atoms with Crippen LogP contribution in [0.4, 0.5) is 0 Å². The molecule has 1 fully saturated rings. The highest BCUT2D eigenvalue weighted by Crippen LogP contribution is 2.40. The van der Waals surface area contributed by atoms with E-state index in [9.17, 15) is 0 Å². The molecule has 1 saturated heterocycles. The number of hydrogen-bond donors (Lipinski definition) is 1. The second-order valence-electron chi connectivity index (χ2n) is 5.12. The largest absolute Gasteiger partial charge is 0.308 e. The maximum Gasteiger partial charge on any atom is 0.0641 e. The molecule has 1 aliphatic heterocycles. The second kappa shape index (κ2) is 4.08. The highest BCUT2D eigenvalue weighted by atomic mass is 32.2. The van der Waals surface area contributed by atoms with Gasteiger partial charge in [0.05, 0.1) is 5.69 Å². The van der Waals surface area contributed by atoms with Gasteiger partial charge in [-0.25, -0.2) is 0 Å². The van der Waals surface area contributed by atoms with Crippen molar-refractivity contribution >= 4 is 11.8 Å². The zero-order valence-corrected chi connectivity index (χ0v) is 11.6. The molecule has 90 valence electrons. The Balaban J connectivity index is 2.00. The number of rotatable bonds is 3. The smallest absolute Gasteiger partial charge is 0.0641 e. The van der Waals surface area contributed by atoms with E-state index in [0.29, 0.717) is 10.8 Å². The van der Waals surface area contributed by atoms with E-state index in [-0.39, 0.29) is 0 Å². The molecular weight excluding hydrogens is 218 g/mol. The van der Waals surface area contributed by atoms with Gasteiger partial charge < -0.3 is 5.32 Å². The van der Waals surface area contributed by atoms with Crippen molar-refractivity contribution in [2.24, 2.45) is 7.05 Å². The number of hydrogen-bond acceptors (Lipinski definition) is 3. The Morgan fingerprint density at radius 1 is 1.50 bits per heavy atom. The Morgan fingerprint density at radius 3 is 2.56 bits per heavy atom. The molecule has 0 amide bonds. The third-order valence-electron chi connectivity index (χ3n) is 3.65. The summed E-state index contributed by atoms with van der Waals surface area (Å²) in [7, 11) is 2.01. The Hall–Kier alpha value is -0.480. The van der Waals surface area contributed by atoms with E-state index in [1.807, 2.05) is 23.5 Å². The van der Waals surface area contributed by atoms with Crippen LogP contribution in [0.25, 0.3) is 0 Å². The number of nitrogens with zero attached hydrogens (tertiary/aromatic N) is 2. The summed E-state index contributed by atoms with van der Waals surface area (Å²) in [5.41, 5.74) is 3.78. The van der Waals surface area contributed by atoms with Crippen LogP contribution in [0.3, 0.4) is 0 Å². The van der Waals surface area contributed by atoms with Crippen molar-refractivity contribution in [3.63, 3.8) is 0 Å².